The van der Waals surface area contributed by atoms with Gasteiger partial charge in [0, 0.05) is 18.0 Å². The van der Waals surface area contributed by atoms with Crippen molar-refractivity contribution in [2.45, 2.75) is 19.4 Å². The molecule has 3 N–H and O–H groups in total. The van der Waals surface area contributed by atoms with Crippen molar-refractivity contribution in [1.29, 1.82) is 0 Å². The maximum Gasteiger partial charge on any atom is 0.258 e. The molecule has 0 spiro atoms. The molecule has 1 amide bonds. The summed E-state index contributed by atoms with van der Waals surface area (Å²) in [5, 5.41) is 7.07. The van der Waals surface area contributed by atoms with E-state index in [1.807, 2.05) is 14.0 Å². The fourth-order valence-corrected chi connectivity index (χ4v) is 1.90. The molecule has 1 atom stereocenters. The van der Waals surface area contributed by atoms with Gasteiger partial charge in [-0.15, -0.1) is 0 Å². The van der Waals surface area contributed by atoms with Crippen molar-refractivity contribution in [2.24, 2.45) is 5.73 Å². The molecular weight excluding hydrogens is 300 g/mol. The lowest BCUT2D eigenvalue weighted by molar-refractivity contribution is -0.119. The Morgan fingerprint density at radius 2 is 2.22 bits per heavy atom. The van der Waals surface area contributed by atoms with Crippen LogP contribution in [0.3, 0.4) is 0 Å². The van der Waals surface area contributed by atoms with Crippen LogP contribution in [0.1, 0.15) is 12.7 Å². The lowest BCUT2D eigenvalue weighted by Crippen LogP contribution is -2.24. The predicted molar refractivity (Wildman–Crippen MR) is 83.2 cm³/mol. The summed E-state index contributed by atoms with van der Waals surface area (Å²) in [6.07, 6.45) is 0.664. The number of aromatic nitrogens is 2. The number of nitrogens with two attached hydrogens (primary N) is 1. The van der Waals surface area contributed by atoms with E-state index in [4.69, 9.17) is 19.7 Å². The summed E-state index contributed by atoms with van der Waals surface area (Å²) in [7, 11) is 3.38. The lowest BCUT2D eigenvalue weighted by Gasteiger charge is -2.09. The summed E-state index contributed by atoms with van der Waals surface area (Å²) in [5.74, 6) is 1.32. The number of primary amides is 1. The van der Waals surface area contributed by atoms with E-state index in [-0.39, 0.29) is 12.6 Å². The summed E-state index contributed by atoms with van der Waals surface area (Å²) in [4.78, 5) is 15.2. The van der Waals surface area contributed by atoms with Crippen LogP contribution in [0, 0.1) is 0 Å². The number of carbonyl (C=O) groups is 1. The molecule has 8 heteroatoms. The quantitative estimate of drug-likeness (QED) is 0.738. The molecule has 0 aliphatic carbocycles. The van der Waals surface area contributed by atoms with Crippen LogP contribution in [0.5, 0.6) is 11.5 Å². The molecule has 0 aliphatic rings. The molecule has 1 unspecified atom stereocenters. The third-order valence-electron chi connectivity index (χ3n) is 3.23. The van der Waals surface area contributed by atoms with Crippen molar-refractivity contribution < 1.29 is 18.8 Å². The summed E-state index contributed by atoms with van der Waals surface area (Å²) < 4.78 is 15.8. The Labute approximate surface area is 134 Å². The topological polar surface area (TPSA) is 112 Å². The van der Waals surface area contributed by atoms with Crippen molar-refractivity contribution >= 4 is 5.91 Å². The number of benzene rings is 1. The number of rotatable bonds is 8. The van der Waals surface area contributed by atoms with Gasteiger partial charge in [0.1, 0.15) is 0 Å². The van der Waals surface area contributed by atoms with E-state index in [0.717, 1.165) is 0 Å². The Morgan fingerprint density at radius 3 is 2.87 bits per heavy atom. The van der Waals surface area contributed by atoms with Crippen LogP contribution in [-0.2, 0) is 11.2 Å². The molecular formula is C15H20N4O4. The first-order chi connectivity index (χ1) is 11.0. The molecule has 1 aromatic heterocycles. The number of carbonyl (C=O) groups excluding carboxylic acids is 1. The van der Waals surface area contributed by atoms with Crippen LogP contribution < -0.4 is 20.5 Å². The second-order valence-electron chi connectivity index (χ2n) is 5.03. The van der Waals surface area contributed by atoms with Crippen LogP contribution in [0.2, 0.25) is 0 Å². The second-order valence-corrected chi connectivity index (χ2v) is 5.03. The molecule has 2 rings (SSSR count). The van der Waals surface area contributed by atoms with Crippen LogP contribution >= 0.6 is 0 Å². The fraction of sp³-hybridized carbons (Fsp3) is 0.400. The van der Waals surface area contributed by atoms with Crippen molar-refractivity contribution in [3.8, 4) is 23.0 Å². The van der Waals surface area contributed by atoms with Gasteiger partial charge in [-0.3, -0.25) is 4.79 Å². The van der Waals surface area contributed by atoms with Gasteiger partial charge in [-0.05, 0) is 32.2 Å². The SMILES string of the molecule is CNC(C)Cc1noc(-c2ccc(OCC(N)=O)c(OC)c2)n1. The van der Waals surface area contributed by atoms with Gasteiger partial charge in [-0.1, -0.05) is 5.16 Å². The van der Waals surface area contributed by atoms with Crippen LogP contribution in [0.15, 0.2) is 22.7 Å². The third kappa shape index (κ3) is 4.43. The molecule has 1 heterocycles. The highest BCUT2D eigenvalue weighted by Crippen LogP contribution is 2.31. The van der Waals surface area contributed by atoms with Crippen molar-refractivity contribution in [1.82, 2.24) is 15.5 Å². The summed E-state index contributed by atoms with van der Waals surface area (Å²) in [6.45, 7) is 1.81. The van der Waals surface area contributed by atoms with Gasteiger partial charge >= 0.3 is 0 Å². The van der Waals surface area contributed by atoms with E-state index in [2.05, 4.69) is 15.5 Å². The highest BCUT2D eigenvalue weighted by molar-refractivity contribution is 5.75. The maximum absolute atomic E-state index is 10.8. The average molecular weight is 320 g/mol. The van der Waals surface area contributed by atoms with Crippen molar-refractivity contribution in [2.75, 3.05) is 20.8 Å². The standard InChI is InChI=1S/C15H20N4O4/c1-9(17-2)6-14-18-15(23-19-14)10-4-5-11(12(7-10)21-3)22-8-13(16)20/h4-5,7,9,17H,6,8H2,1-3H3,(H2,16,20). The minimum absolute atomic E-state index is 0.220. The van der Waals surface area contributed by atoms with Gasteiger partial charge in [0.25, 0.3) is 11.8 Å². The smallest absolute Gasteiger partial charge is 0.258 e. The van der Waals surface area contributed by atoms with Gasteiger partial charge in [-0.25, -0.2) is 0 Å². The molecule has 0 bridgehead atoms. The van der Waals surface area contributed by atoms with E-state index in [0.29, 0.717) is 35.2 Å². The zero-order valence-corrected chi connectivity index (χ0v) is 13.3. The molecule has 0 fully saturated rings. The number of nitrogens with one attached hydrogen (secondary N) is 1. The Bertz CT molecular complexity index is 671. The molecule has 1 aromatic carbocycles. The molecule has 2 aromatic rings. The highest BCUT2D eigenvalue weighted by atomic mass is 16.5. The number of hydrogen-bond donors (Lipinski definition) is 2. The minimum atomic E-state index is -0.559. The fourth-order valence-electron chi connectivity index (χ4n) is 1.90. The van der Waals surface area contributed by atoms with Crippen molar-refractivity contribution in [3.05, 3.63) is 24.0 Å². The van der Waals surface area contributed by atoms with Gasteiger partial charge in [-0.2, -0.15) is 4.98 Å². The number of amides is 1. The Hall–Kier alpha value is -2.61. The first-order valence-corrected chi connectivity index (χ1v) is 7.12. The number of ether oxygens (including phenoxy) is 2. The second kappa shape index (κ2) is 7.59. The largest absolute Gasteiger partial charge is 0.493 e. The number of nitrogens with zero attached hydrogens (tertiary/aromatic N) is 2. The van der Waals surface area contributed by atoms with Crippen LogP contribution in [-0.4, -0.2) is 42.9 Å². The van der Waals surface area contributed by atoms with Gasteiger partial charge < -0.3 is 25.0 Å². The van der Waals surface area contributed by atoms with Gasteiger partial charge in [0.05, 0.1) is 7.11 Å². The van der Waals surface area contributed by atoms with Crippen molar-refractivity contribution in [3.63, 3.8) is 0 Å². The molecule has 23 heavy (non-hydrogen) atoms. The Kier molecular flexibility index (Phi) is 5.53. The van der Waals surface area contributed by atoms with E-state index in [1.165, 1.54) is 7.11 Å². The number of methoxy groups -OCH3 is 1. The summed E-state index contributed by atoms with van der Waals surface area (Å²) in [6, 6.07) is 5.36. The molecule has 0 saturated heterocycles. The molecule has 124 valence electrons. The highest BCUT2D eigenvalue weighted by Gasteiger charge is 2.14. The van der Waals surface area contributed by atoms with Gasteiger partial charge in [0.15, 0.2) is 23.9 Å². The molecule has 0 radical (unpaired) electrons. The minimum Gasteiger partial charge on any atom is -0.493 e. The lowest BCUT2D eigenvalue weighted by atomic mass is 10.2. The summed E-state index contributed by atoms with van der Waals surface area (Å²) >= 11 is 0. The molecule has 8 nitrogen and oxygen atoms in total. The predicted octanol–water partition coefficient (Wildman–Crippen LogP) is 0.760. The van der Waals surface area contributed by atoms with E-state index >= 15 is 0 Å². The average Bonchev–Trinajstić information content (AvgIpc) is 3.00. The monoisotopic (exact) mass is 320 g/mol. The number of hydrogen-bond acceptors (Lipinski definition) is 7. The van der Waals surface area contributed by atoms with Crippen LogP contribution in [0.4, 0.5) is 0 Å². The summed E-state index contributed by atoms with van der Waals surface area (Å²) in [5.41, 5.74) is 5.76. The first kappa shape index (κ1) is 16.8. The number of likely N-dealkylation sites (N-methyl/N-ethyl adjacent to an activating group) is 1. The molecule has 0 aliphatic heterocycles. The Balaban J connectivity index is 2.18. The normalized spacial score (nSPS) is 12.0. The Morgan fingerprint density at radius 1 is 1.43 bits per heavy atom. The third-order valence-corrected chi connectivity index (χ3v) is 3.23. The zero-order chi connectivity index (χ0) is 16.8. The van der Waals surface area contributed by atoms with Gasteiger partial charge in [0.2, 0.25) is 0 Å². The first-order valence-electron chi connectivity index (χ1n) is 7.12. The van der Waals surface area contributed by atoms with Crippen LogP contribution in [0.25, 0.3) is 11.5 Å². The van der Waals surface area contributed by atoms with E-state index < -0.39 is 5.91 Å². The van der Waals surface area contributed by atoms with E-state index in [9.17, 15) is 4.79 Å². The van der Waals surface area contributed by atoms with E-state index in [1.54, 1.807) is 18.2 Å². The molecule has 0 saturated carbocycles. The maximum atomic E-state index is 10.8. The zero-order valence-electron chi connectivity index (χ0n) is 13.3.